The molecule has 4 rings (SSSR count). The zero-order chi connectivity index (χ0) is 17.6. The lowest BCUT2D eigenvalue weighted by molar-refractivity contribution is 0.0998. The van der Waals surface area contributed by atoms with E-state index in [1.807, 2.05) is 50.2 Å². The first-order valence-corrected chi connectivity index (χ1v) is 8.26. The van der Waals surface area contributed by atoms with Crippen LogP contribution in [-0.2, 0) is 0 Å². The molecule has 4 aromatic rings. The summed E-state index contributed by atoms with van der Waals surface area (Å²) in [6.07, 6.45) is 0. The van der Waals surface area contributed by atoms with Gasteiger partial charge in [-0.15, -0.1) is 0 Å². The van der Waals surface area contributed by atoms with E-state index in [0.717, 1.165) is 33.1 Å². The number of rotatable bonds is 2. The highest BCUT2D eigenvalue weighted by Gasteiger charge is 2.15. The summed E-state index contributed by atoms with van der Waals surface area (Å²) < 4.78 is 5.65. The lowest BCUT2D eigenvalue weighted by atomic mass is 10.1. The summed E-state index contributed by atoms with van der Waals surface area (Å²) in [6, 6.07) is 15.0. The Bertz CT molecular complexity index is 1130. The molecular weight excluding hydrogens is 336 g/mol. The fourth-order valence-corrected chi connectivity index (χ4v) is 3.01. The minimum atomic E-state index is -0.299. The number of furan rings is 1. The second-order valence-electron chi connectivity index (χ2n) is 6.10. The van der Waals surface area contributed by atoms with Gasteiger partial charge in [-0.25, -0.2) is 4.98 Å². The third-order valence-electron chi connectivity index (χ3n) is 4.12. The van der Waals surface area contributed by atoms with E-state index >= 15 is 0 Å². The Morgan fingerprint density at radius 3 is 2.68 bits per heavy atom. The van der Waals surface area contributed by atoms with Gasteiger partial charge in [0.25, 0.3) is 5.91 Å². The Kier molecular flexibility index (Phi) is 3.70. The average Bonchev–Trinajstić information content (AvgIpc) is 2.98. The molecule has 124 valence electrons. The second-order valence-corrected chi connectivity index (χ2v) is 6.54. The van der Waals surface area contributed by atoms with Crippen LogP contribution in [0.25, 0.3) is 22.0 Å². The number of benzene rings is 2. The van der Waals surface area contributed by atoms with Crippen molar-refractivity contribution < 1.29 is 9.21 Å². The quantitative estimate of drug-likeness (QED) is 0.519. The van der Waals surface area contributed by atoms with Gasteiger partial charge in [-0.1, -0.05) is 35.4 Å². The number of halogens is 1. The average molecular weight is 351 g/mol. The fourth-order valence-electron chi connectivity index (χ4n) is 2.85. The molecular formula is C20H15ClN2O2. The SMILES string of the molecule is Cc1ccc(NC(=O)c2cc3cc4ccc(Cl)cc4nc3o2)c(C)c1. The molecule has 0 fully saturated rings. The number of pyridine rings is 1. The Balaban J connectivity index is 1.70. The highest BCUT2D eigenvalue weighted by molar-refractivity contribution is 6.31. The van der Waals surface area contributed by atoms with Gasteiger partial charge in [0.05, 0.1) is 5.52 Å². The molecule has 2 aromatic carbocycles. The van der Waals surface area contributed by atoms with Crippen LogP contribution in [0.15, 0.2) is 52.9 Å². The molecule has 0 saturated carbocycles. The van der Waals surface area contributed by atoms with Crippen LogP contribution in [0.1, 0.15) is 21.7 Å². The summed E-state index contributed by atoms with van der Waals surface area (Å²) in [4.78, 5) is 17.0. The van der Waals surface area contributed by atoms with Crippen molar-refractivity contribution >= 4 is 45.2 Å². The van der Waals surface area contributed by atoms with Gasteiger partial charge in [-0.2, -0.15) is 0 Å². The summed E-state index contributed by atoms with van der Waals surface area (Å²) in [5.74, 6) is -0.0732. The van der Waals surface area contributed by atoms with E-state index in [0.29, 0.717) is 10.7 Å². The number of hydrogen-bond acceptors (Lipinski definition) is 3. The summed E-state index contributed by atoms with van der Waals surface area (Å²) >= 11 is 6.01. The molecule has 0 bridgehead atoms. The topological polar surface area (TPSA) is 55.1 Å². The maximum absolute atomic E-state index is 12.5. The molecule has 0 saturated heterocycles. The van der Waals surface area contributed by atoms with Gasteiger partial charge in [-0.3, -0.25) is 4.79 Å². The van der Waals surface area contributed by atoms with Gasteiger partial charge in [0.1, 0.15) is 0 Å². The highest BCUT2D eigenvalue weighted by atomic mass is 35.5. The standard InChI is InChI=1S/C20H15ClN2O2/c1-11-3-6-16(12(2)7-11)22-19(24)18-9-14-8-13-4-5-15(21)10-17(13)23-20(14)25-18/h3-10H,1-2H3,(H,22,24). The Hall–Kier alpha value is -2.85. The van der Waals surface area contributed by atoms with Crippen LogP contribution in [0.5, 0.6) is 0 Å². The number of nitrogens with one attached hydrogen (secondary N) is 1. The number of fused-ring (bicyclic) bond motifs is 2. The van der Waals surface area contributed by atoms with Crippen LogP contribution in [0.2, 0.25) is 5.02 Å². The van der Waals surface area contributed by atoms with Crippen LogP contribution in [0, 0.1) is 13.8 Å². The number of aryl methyl sites for hydroxylation is 2. The van der Waals surface area contributed by atoms with Crippen molar-refractivity contribution in [2.24, 2.45) is 0 Å². The molecule has 2 aromatic heterocycles. The molecule has 5 heteroatoms. The number of carbonyl (C=O) groups is 1. The van der Waals surface area contributed by atoms with E-state index in [9.17, 15) is 4.79 Å². The molecule has 0 aliphatic rings. The van der Waals surface area contributed by atoms with Crippen LogP contribution < -0.4 is 5.32 Å². The molecule has 0 aliphatic carbocycles. The minimum Gasteiger partial charge on any atom is -0.433 e. The maximum atomic E-state index is 12.5. The minimum absolute atomic E-state index is 0.226. The van der Waals surface area contributed by atoms with Crippen LogP contribution in [-0.4, -0.2) is 10.9 Å². The fraction of sp³-hybridized carbons (Fsp3) is 0.100. The third-order valence-corrected chi connectivity index (χ3v) is 4.35. The molecule has 4 nitrogen and oxygen atoms in total. The van der Waals surface area contributed by atoms with Crippen molar-refractivity contribution in [1.29, 1.82) is 0 Å². The van der Waals surface area contributed by atoms with E-state index in [-0.39, 0.29) is 11.7 Å². The lowest BCUT2D eigenvalue weighted by Crippen LogP contribution is -2.11. The largest absolute Gasteiger partial charge is 0.433 e. The van der Waals surface area contributed by atoms with Crippen LogP contribution in [0.4, 0.5) is 5.69 Å². The van der Waals surface area contributed by atoms with E-state index < -0.39 is 0 Å². The van der Waals surface area contributed by atoms with Gasteiger partial charge >= 0.3 is 0 Å². The molecule has 0 aliphatic heterocycles. The molecule has 0 unspecified atom stereocenters. The van der Waals surface area contributed by atoms with Gasteiger partial charge in [0, 0.05) is 21.5 Å². The first-order valence-electron chi connectivity index (χ1n) is 7.88. The smallest absolute Gasteiger partial charge is 0.291 e. The first kappa shape index (κ1) is 15.7. The monoisotopic (exact) mass is 350 g/mol. The van der Waals surface area contributed by atoms with Gasteiger partial charge in [-0.05, 0) is 49.7 Å². The molecule has 1 amide bonds. The first-order chi connectivity index (χ1) is 12.0. The van der Waals surface area contributed by atoms with E-state index in [2.05, 4.69) is 10.3 Å². The number of carbonyl (C=O) groups excluding carboxylic acids is 1. The molecule has 1 N–H and O–H groups in total. The summed E-state index contributed by atoms with van der Waals surface area (Å²) in [6.45, 7) is 3.97. The zero-order valence-electron chi connectivity index (χ0n) is 13.8. The molecule has 0 radical (unpaired) electrons. The predicted octanol–water partition coefficient (Wildman–Crippen LogP) is 5.50. The van der Waals surface area contributed by atoms with Crippen molar-refractivity contribution in [1.82, 2.24) is 4.98 Å². The Morgan fingerprint density at radius 1 is 1.04 bits per heavy atom. The van der Waals surface area contributed by atoms with Gasteiger partial charge < -0.3 is 9.73 Å². The summed E-state index contributed by atoms with van der Waals surface area (Å²) in [5.41, 5.74) is 4.06. The Labute approximate surface area is 149 Å². The second kappa shape index (κ2) is 5.90. The van der Waals surface area contributed by atoms with E-state index in [1.54, 1.807) is 12.1 Å². The van der Waals surface area contributed by atoms with Crippen molar-refractivity contribution in [3.8, 4) is 0 Å². The molecule has 25 heavy (non-hydrogen) atoms. The lowest BCUT2D eigenvalue weighted by Gasteiger charge is -2.07. The molecule has 0 atom stereocenters. The zero-order valence-corrected chi connectivity index (χ0v) is 14.5. The van der Waals surface area contributed by atoms with Crippen molar-refractivity contribution in [2.45, 2.75) is 13.8 Å². The van der Waals surface area contributed by atoms with Crippen molar-refractivity contribution in [2.75, 3.05) is 5.32 Å². The van der Waals surface area contributed by atoms with Crippen molar-refractivity contribution in [3.05, 3.63) is 70.4 Å². The van der Waals surface area contributed by atoms with E-state index in [1.165, 1.54) is 0 Å². The third kappa shape index (κ3) is 2.96. The Morgan fingerprint density at radius 2 is 1.88 bits per heavy atom. The maximum Gasteiger partial charge on any atom is 0.291 e. The van der Waals surface area contributed by atoms with Crippen LogP contribution in [0.3, 0.4) is 0 Å². The number of amides is 1. The van der Waals surface area contributed by atoms with Crippen LogP contribution >= 0.6 is 11.6 Å². The van der Waals surface area contributed by atoms with Gasteiger partial charge in [0.2, 0.25) is 5.71 Å². The summed E-state index contributed by atoms with van der Waals surface area (Å²) in [7, 11) is 0. The normalized spacial score (nSPS) is 11.2. The predicted molar refractivity (Wildman–Crippen MR) is 100 cm³/mol. The van der Waals surface area contributed by atoms with Gasteiger partial charge in [0.15, 0.2) is 5.76 Å². The summed E-state index contributed by atoms with van der Waals surface area (Å²) in [5, 5.41) is 5.22. The number of aromatic nitrogens is 1. The number of nitrogens with zero attached hydrogens (tertiary/aromatic N) is 1. The highest BCUT2D eigenvalue weighted by Crippen LogP contribution is 2.25. The number of hydrogen-bond donors (Lipinski definition) is 1. The molecule has 0 spiro atoms. The molecule has 2 heterocycles. The van der Waals surface area contributed by atoms with E-state index in [4.69, 9.17) is 16.0 Å². The van der Waals surface area contributed by atoms with Crippen molar-refractivity contribution in [3.63, 3.8) is 0 Å². The number of anilines is 1.